The SMILES string of the molecule is O=C(NC12CC(NC(=O)[C@H]3C[C@@H](O)c4cc(Cl)ccc4O3)(C1)C2)c1cnc(C2CN(CC(F)(F)F)C2)o1. The van der Waals surface area contributed by atoms with E-state index in [1.807, 2.05) is 0 Å². The van der Waals surface area contributed by atoms with Crippen LogP contribution in [0.15, 0.2) is 28.8 Å². The molecule has 9 nitrogen and oxygen atoms in total. The van der Waals surface area contributed by atoms with Gasteiger partial charge in [0.2, 0.25) is 11.7 Å². The van der Waals surface area contributed by atoms with Crippen molar-refractivity contribution < 1.29 is 37.0 Å². The van der Waals surface area contributed by atoms with Gasteiger partial charge < -0.3 is 24.9 Å². The van der Waals surface area contributed by atoms with E-state index < -0.39 is 41.9 Å². The summed E-state index contributed by atoms with van der Waals surface area (Å²) in [6.07, 6.45) is -2.90. The molecule has 0 radical (unpaired) electrons. The van der Waals surface area contributed by atoms with Crippen LogP contribution in [0, 0.1) is 0 Å². The molecule has 0 unspecified atom stereocenters. The van der Waals surface area contributed by atoms with Crippen molar-refractivity contribution in [2.45, 2.75) is 61.1 Å². The third-order valence-corrected chi connectivity index (χ3v) is 7.82. The molecule has 3 aliphatic carbocycles. The molecule has 1 saturated heterocycles. The molecule has 3 N–H and O–H groups in total. The molecule has 1 aromatic carbocycles. The maximum absolute atomic E-state index is 12.9. The number of ether oxygens (including phenoxy) is 1. The van der Waals surface area contributed by atoms with Gasteiger partial charge in [0.15, 0.2) is 6.10 Å². The molecule has 0 spiro atoms. The molecule has 2 bridgehead atoms. The zero-order valence-corrected chi connectivity index (χ0v) is 20.2. The van der Waals surface area contributed by atoms with Crippen LogP contribution in [0.3, 0.4) is 0 Å². The van der Waals surface area contributed by atoms with Crippen LogP contribution in [0.2, 0.25) is 5.02 Å². The van der Waals surface area contributed by atoms with Gasteiger partial charge in [0, 0.05) is 41.2 Å². The molecule has 3 saturated carbocycles. The number of halogens is 4. The van der Waals surface area contributed by atoms with Gasteiger partial charge in [-0.2, -0.15) is 13.2 Å². The maximum atomic E-state index is 12.9. The molecular formula is C24H24ClF3N4O5. The molecule has 7 rings (SSSR count). The fourth-order valence-corrected chi connectivity index (χ4v) is 6.15. The third kappa shape index (κ3) is 4.55. The van der Waals surface area contributed by atoms with Crippen molar-refractivity contribution in [2.75, 3.05) is 19.6 Å². The van der Waals surface area contributed by atoms with E-state index in [2.05, 4.69) is 15.6 Å². The number of amides is 2. The van der Waals surface area contributed by atoms with Gasteiger partial charge in [0.25, 0.3) is 11.8 Å². The molecule has 198 valence electrons. The Morgan fingerprint density at radius 2 is 1.89 bits per heavy atom. The van der Waals surface area contributed by atoms with Crippen LogP contribution in [0.5, 0.6) is 5.75 Å². The highest BCUT2D eigenvalue weighted by molar-refractivity contribution is 6.30. The van der Waals surface area contributed by atoms with Crippen LogP contribution >= 0.6 is 11.6 Å². The first-order chi connectivity index (χ1) is 17.4. The molecule has 1 aromatic heterocycles. The molecule has 2 amide bonds. The van der Waals surface area contributed by atoms with Crippen LogP contribution in [-0.2, 0) is 4.79 Å². The van der Waals surface area contributed by atoms with Crippen molar-refractivity contribution >= 4 is 23.4 Å². The highest BCUT2D eigenvalue weighted by Gasteiger charge is 2.69. The Morgan fingerprint density at radius 3 is 2.59 bits per heavy atom. The van der Waals surface area contributed by atoms with E-state index in [0.717, 1.165) is 0 Å². The molecular weight excluding hydrogens is 517 g/mol. The van der Waals surface area contributed by atoms with E-state index >= 15 is 0 Å². The predicted molar refractivity (Wildman–Crippen MR) is 122 cm³/mol. The lowest BCUT2D eigenvalue weighted by atomic mass is 9.44. The van der Waals surface area contributed by atoms with E-state index in [4.69, 9.17) is 20.8 Å². The summed E-state index contributed by atoms with van der Waals surface area (Å²) in [7, 11) is 0. The first kappa shape index (κ1) is 24.5. The number of rotatable bonds is 6. The number of aliphatic hydroxyl groups is 1. The lowest BCUT2D eigenvalue weighted by Crippen LogP contribution is -2.84. The second-order valence-electron chi connectivity index (χ2n) is 10.6. The van der Waals surface area contributed by atoms with E-state index in [-0.39, 0.29) is 43.0 Å². The largest absolute Gasteiger partial charge is 0.480 e. The Morgan fingerprint density at radius 1 is 1.19 bits per heavy atom. The quantitative estimate of drug-likeness (QED) is 0.516. The summed E-state index contributed by atoms with van der Waals surface area (Å²) in [6, 6.07) is 4.88. The van der Waals surface area contributed by atoms with Crippen molar-refractivity contribution in [2.24, 2.45) is 0 Å². The fourth-order valence-electron chi connectivity index (χ4n) is 5.97. The first-order valence-corrected chi connectivity index (χ1v) is 12.3. The molecule has 4 fully saturated rings. The number of hydrogen-bond donors (Lipinski definition) is 3. The lowest BCUT2D eigenvalue weighted by Gasteiger charge is -2.70. The third-order valence-electron chi connectivity index (χ3n) is 7.58. The molecule has 5 aliphatic rings. The van der Waals surface area contributed by atoms with Crippen LogP contribution < -0.4 is 15.4 Å². The number of aliphatic hydroxyl groups excluding tert-OH is 1. The van der Waals surface area contributed by atoms with Gasteiger partial charge in [-0.15, -0.1) is 0 Å². The smallest absolute Gasteiger partial charge is 0.401 e. The van der Waals surface area contributed by atoms with Crippen molar-refractivity contribution in [1.29, 1.82) is 0 Å². The molecule has 13 heteroatoms. The van der Waals surface area contributed by atoms with Crippen molar-refractivity contribution in [3.05, 3.63) is 46.6 Å². The Labute approximate surface area is 214 Å². The van der Waals surface area contributed by atoms with Gasteiger partial charge in [0.1, 0.15) is 5.75 Å². The minimum absolute atomic E-state index is 0.00967. The number of benzene rings is 1. The van der Waals surface area contributed by atoms with Gasteiger partial charge in [-0.3, -0.25) is 14.5 Å². The summed E-state index contributed by atoms with van der Waals surface area (Å²) in [5, 5.41) is 16.8. The minimum Gasteiger partial charge on any atom is -0.480 e. The number of nitrogens with one attached hydrogen (secondary N) is 2. The number of fused-ring (bicyclic) bond motifs is 1. The Balaban J connectivity index is 0.983. The standard InChI is InChI=1S/C24H24ClF3N4O5/c25-13-1-2-16-14(3-13)15(33)4-17(36-16)19(34)30-22-8-23(9-22,10-22)31-20(35)18-5-29-21(37-18)12-6-32(7-12)11-24(26,27)28/h1-3,5,12,15,17,33H,4,6-11H2,(H,30,34)(H,31,35)/t15-,17-,22?,23?/m1/s1. The number of carbonyl (C=O) groups excluding carboxylic acids is 2. The highest BCUT2D eigenvalue weighted by Crippen LogP contribution is 2.60. The van der Waals surface area contributed by atoms with Crippen LogP contribution in [0.25, 0.3) is 0 Å². The van der Waals surface area contributed by atoms with Gasteiger partial charge in [-0.1, -0.05) is 11.6 Å². The number of oxazole rings is 1. The Hall–Kier alpha value is -2.83. The second kappa shape index (κ2) is 8.34. The summed E-state index contributed by atoms with van der Waals surface area (Å²) >= 11 is 5.98. The molecule has 2 aromatic rings. The van der Waals surface area contributed by atoms with Crippen LogP contribution in [0.4, 0.5) is 13.2 Å². The summed E-state index contributed by atoms with van der Waals surface area (Å²) in [4.78, 5) is 30.8. The zero-order chi connectivity index (χ0) is 26.2. The van der Waals surface area contributed by atoms with Gasteiger partial charge >= 0.3 is 6.18 Å². The van der Waals surface area contributed by atoms with Gasteiger partial charge in [-0.05, 0) is 37.5 Å². The summed E-state index contributed by atoms with van der Waals surface area (Å²) in [6.45, 7) is -0.628. The first-order valence-electron chi connectivity index (χ1n) is 12.0. The highest BCUT2D eigenvalue weighted by atomic mass is 35.5. The Bertz CT molecular complexity index is 1240. The van der Waals surface area contributed by atoms with E-state index in [0.29, 0.717) is 35.6 Å². The molecule has 37 heavy (non-hydrogen) atoms. The minimum atomic E-state index is -4.25. The Kier molecular flexibility index (Phi) is 5.52. The zero-order valence-electron chi connectivity index (χ0n) is 19.5. The van der Waals surface area contributed by atoms with Gasteiger partial charge in [0.05, 0.1) is 24.8 Å². The number of aromatic nitrogens is 1. The van der Waals surface area contributed by atoms with E-state index in [1.165, 1.54) is 11.1 Å². The number of alkyl halides is 3. The topological polar surface area (TPSA) is 117 Å². The monoisotopic (exact) mass is 540 g/mol. The predicted octanol–water partition coefficient (Wildman–Crippen LogP) is 2.70. The van der Waals surface area contributed by atoms with Crippen LogP contribution in [0.1, 0.15) is 59.7 Å². The number of hydrogen-bond acceptors (Lipinski definition) is 7. The van der Waals surface area contributed by atoms with E-state index in [1.54, 1.807) is 18.2 Å². The summed E-state index contributed by atoms with van der Waals surface area (Å²) in [5.74, 6) is -0.357. The summed E-state index contributed by atoms with van der Waals surface area (Å²) in [5.41, 5.74) is -0.331. The van der Waals surface area contributed by atoms with Crippen LogP contribution in [-0.4, -0.2) is 69.8 Å². The normalized spacial score (nSPS) is 30.7. The number of carbonyl (C=O) groups is 2. The molecule has 2 atom stereocenters. The average molecular weight is 541 g/mol. The van der Waals surface area contributed by atoms with Crippen molar-refractivity contribution in [3.8, 4) is 5.75 Å². The summed E-state index contributed by atoms with van der Waals surface area (Å²) < 4.78 is 48.7. The van der Waals surface area contributed by atoms with Gasteiger partial charge in [-0.25, -0.2) is 4.98 Å². The average Bonchev–Trinajstić information content (AvgIpc) is 3.23. The number of nitrogens with zero attached hydrogens (tertiary/aromatic N) is 2. The van der Waals surface area contributed by atoms with E-state index in [9.17, 15) is 27.9 Å². The molecule has 2 aliphatic heterocycles. The fraction of sp³-hybridized carbons (Fsp3) is 0.542. The van der Waals surface area contributed by atoms with Crippen molar-refractivity contribution in [3.63, 3.8) is 0 Å². The molecule has 3 heterocycles. The second-order valence-corrected chi connectivity index (χ2v) is 11.1. The van der Waals surface area contributed by atoms with Crippen molar-refractivity contribution in [1.82, 2.24) is 20.5 Å². The number of likely N-dealkylation sites (tertiary alicyclic amines) is 1. The maximum Gasteiger partial charge on any atom is 0.401 e. The lowest BCUT2D eigenvalue weighted by molar-refractivity contribution is -0.155.